The first kappa shape index (κ1) is 17.7. The van der Waals surface area contributed by atoms with Crippen LogP contribution in [0.5, 0.6) is 0 Å². The molecule has 0 amide bonds. The summed E-state index contributed by atoms with van der Waals surface area (Å²) < 4.78 is 4.97. The first-order valence-electron chi connectivity index (χ1n) is 8.19. The van der Waals surface area contributed by atoms with Crippen LogP contribution in [0.3, 0.4) is 0 Å². The lowest BCUT2D eigenvalue weighted by molar-refractivity contribution is 0.0526. The predicted octanol–water partition coefficient (Wildman–Crippen LogP) is 3.85. The van der Waals surface area contributed by atoms with E-state index in [9.17, 15) is 4.79 Å². The van der Waals surface area contributed by atoms with Gasteiger partial charge in [0.05, 0.1) is 12.2 Å². The number of carbonyl (C=O) groups excluding carboxylic acids is 1. The largest absolute Gasteiger partial charge is 0.462 e. The number of aromatic nitrogens is 2. The molecule has 0 atom stereocenters. The zero-order chi connectivity index (χ0) is 17.4. The number of rotatable bonds is 8. The lowest BCUT2D eigenvalue weighted by Gasteiger charge is -2.10. The molecule has 128 valence electrons. The van der Waals surface area contributed by atoms with E-state index in [-0.39, 0.29) is 5.97 Å². The smallest absolute Gasteiger partial charge is 0.338 e. The Morgan fingerprint density at radius 2 is 1.96 bits per heavy atom. The molecule has 2 N–H and O–H groups in total. The van der Waals surface area contributed by atoms with E-state index < -0.39 is 0 Å². The molecule has 0 aliphatic carbocycles. The third kappa shape index (κ3) is 5.53. The van der Waals surface area contributed by atoms with Crippen molar-refractivity contribution in [3.63, 3.8) is 0 Å². The number of nitrogens with one attached hydrogen (secondary N) is 2. The lowest BCUT2D eigenvalue weighted by atomic mass is 10.1. The molecule has 0 spiro atoms. The number of benzene rings is 1. The average Bonchev–Trinajstić information content (AvgIpc) is 2.56. The van der Waals surface area contributed by atoms with E-state index in [0.717, 1.165) is 18.7 Å². The van der Waals surface area contributed by atoms with E-state index in [1.807, 2.05) is 12.1 Å². The minimum absolute atomic E-state index is 0.317. The Balaban J connectivity index is 1.96. The van der Waals surface area contributed by atoms with Crippen LogP contribution in [0.15, 0.2) is 36.5 Å². The van der Waals surface area contributed by atoms with Crippen LogP contribution < -0.4 is 10.6 Å². The summed E-state index contributed by atoms with van der Waals surface area (Å²) in [4.78, 5) is 20.3. The number of ether oxygens (including phenoxy) is 1. The molecule has 1 heterocycles. The van der Waals surface area contributed by atoms with Crippen LogP contribution in [0.2, 0.25) is 0 Å². The second-order valence-corrected chi connectivity index (χ2v) is 5.80. The van der Waals surface area contributed by atoms with Crippen molar-refractivity contribution >= 4 is 23.4 Å². The van der Waals surface area contributed by atoms with E-state index in [2.05, 4.69) is 34.4 Å². The second-order valence-electron chi connectivity index (χ2n) is 5.80. The first-order valence-corrected chi connectivity index (χ1v) is 8.19. The maximum absolute atomic E-state index is 11.6. The summed E-state index contributed by atoms with van der Waals surface area (Å²) in [6.07, 6.45) is 2.77. The molecule has 0 radical (unpaired) electrons. The maximum atomic E-state index is 11.6. The van der Waals surface area contributed by atoms with Gasteiger partial charge >= 0.3 is 5.97 Å². The summed E-state index contributed by atoms with van der Waals surface area (Å²) in [7, 11) is 0. The molecule has 2 aromatic rings. The molecule has 2 rings (SSSR count). The number of hydrogen-bond acceptors (Lipinski definition) is 6. The van der Waals surface area contributed by atoms with Gasteiger partial charge in [0.2, 0.25) is 5.95 Å². The quantitative estimate of drug-likeness (QED) is 0.717. The van der Waals surface area contributed by atoms with Gasteiger partial charge in [0.15, 0.2) is 0 Å². The standard InChI is InChI=1S/C18H24N4O2/c1-4-24-17(23)14-5-7-15(8-6-14)21-16-10-12-20-18(22-16)19-11-9-13(2)3/h5-8,10,12-13H,4,9,11H2,1-3H3,(H2,19,20,21,22). The summed E-state index contributed by atoms with van der Waals surface area (Å²) in [5.41, 5.74) is 1.37. The van der Waals surface area contributed by atoms with Gasteiger partial charge in [0.25, 0.3) is 0 Å². The van der Waals surface area contributed by atoms with Crippen LogP contribution in [-0.4, -0.2) is 29.1 Å². The Morgan fingerprint density at radius 1 is 1.21 bits per heavy atom. The van der Waals surface area contributed by atoms with Gasteiger partial charge in [-0.3, -0.25) is 0 Å². The van der Waals surface area contributed by atoms with Crippen molar-refractivity contribution in [3.8, 4) is 0 Å². The SMILES string of the molecule is CCOC(=O)c1ccc(Nc2ccnc(NCCC(C)C)n2)cc1. The van der Waals surface area contributed by atoms with Crippen molar-refractivity contribution in [1.29, 1.82) is 0 Å². The third-order valence-corrected chi connectivity index (χ3v) is 3.33. The molecule has 1 aromatic carbocycles. The molecule has 0 bridgehead atoms. The van der Waals surface area contributed by atoms with Gasteiger partial charge in [-0.15, -0.1) is 0 Å². The van der Waals surface area contributed by atoms with Gasteiger partial charge in [-0.05, 0) is 49.6 Å². The molecule has 6 nitrogen and oxygen atoms in total. The van der Waals surface area contributed by atoms with E-state index in [0.29, 0.717) is 29.9 Å². The Kier molecular flexibility index (Phi) is 6.54. The molecule has 0 fully saturated rings. The highest BCUT2D eigenvalue weighted by molar-refractivity contribution is 5.89. The molecular weight excluding hydrogens is 304 g/mol. The van der Waals surface area contributed by atoms with Gasteiger partial charge in [0.1, 0.15) is 5.82 Å². The lowest BCUT2D eigenvalue weighted by Crippen LogP contribution is -2.08. The number of carbonyl (C=O) groups is 1. The molecular formula is C18H24N4O2. The summed E-state index contributed by atoms with van der Waals surface area (Å²) in [6.45, 7) is 7.36. The topological polar surface area (TPSA) is 76.1 Å². The van der Waals surface area contributed by atoms with E-state index in [1.54, 1.807) is 31.3 Å². The van der Waals surface area contributed by atoms with Crippen molar-refractivity contribution in [1.82, 2.24) is 9.97 Å². The van der Waals surface area contributed by atoms with Crippen LogP contribution >= 0.6 is 0 Å². The maximum Gasteiger partial charge on any atom is 0.338 e. The summed E-state index contributed by atoms with van der Waals surface area (Å²) in [6, 6.07) is 8.89. The fourth-order valence-electron chi connectivity index (χ4n) is 2.04. The monoisotopic (exact) mass is 328 g/mol. The fraction of sp³-hybridized carbons (Fsp3) is 0.389. The number of hydrogen-bond donors (Lipinski definition) is 2. The van der Waals surface area contributed by atoms with Crippen molar-refractivity contribution < 1.29 is 9.53 Å². The highest BCUT2D eigenvalue weighted by Gasteiger charge is 2.06. The minimum atomic E-state index is -0.317. The van der Waals surface area contributed by atoms with Crippen LogP contribution in [-0.2, 0) is 4.74 Å². The minimum Gasteiger partial charge on any atom is -0.462 e. The molecule has 24 heavy (non-hydrogen) atoms. The Bertz CT molecular complexity index is 656. The highest BCUT2D eigenvalue weighted by Crippen LogP contribution is 2.16. The van der Waals surface area contributed by atoms with E-state index in [4.69, 9.17) is 4.74 Å². The number of anilines is 3. The molecule has 0 aliphatic heterocycles. The molecule has 0 aliphatic rings. The van der Waals surface area contributed by atoms with Gasteiger partial charge in [-0.25, -0.2) is 9.78 Å². The fourth-order valence-corrected chi connectivity index (χ4v) is 2.04. The number of esters is 1. The van der Waals surface area contributed by atoms with E-state index in [1.165, 1.54) is 0 Å². The second kappa shape index (κ2) is 8.86. The van der Waals surface area contributed by atoms with Crippen LogP contribution in [0.25, 0.3) is 0 Å². The molecule has 0 unspecified atom stereocenters. The van der Waals surface area contributed by atoms with Gasteiger partial charge in [-0.2, -0.15) is 4.98 Å². The molecule has 0 saturated heterocycles. The van der Waals surface area contributed by atoms with Crippen molar-refractivity contribution in [2.45, 2.75) is 27.2 Å². The summed E-state index contributed by atoms with van der Waals surface area (Å²) >= 11 is 0. The van der Waals surface area contributed by atoms with Crippen LogP contribution in [0.4, 0.5) is 17.5 Å². The molecule has 1 aromatic heterocycles. The normalized spacial score (nSPS) is 10.5. The summed E-state index contributed by atoms with van der Waals surface area (Å²) in [5.74, 6) is 1.61. The summed E-state index contributed by atoms with van der Waals surface area (Å²) in [5, 5.41) is 6.42. The zero-order valence-corrected chi connectivity index (χ0v) is 14.4. The Labute approximate surface area is 142 Å². The highest BCUT2D eigenvalue weighted by atomic mass is 16.5. The molecule has 6 heteroatoms. The average molecular weight is 328 g/mol. The molecule has 0 saturated carbocycles. The van der Waals surface area contributed by atoms with Gasteiger partial charge in [0, 0.05) is 18.4 Å². The van der Waals surface area contributed by atoms with Crippen LogP contribution in [0.1, 0.15) is 37.6 Å². The number of nitrogens with zero attached hydrogens (tertiary/aromatic N) is 2. The Hall–Kier alpha value is -2.63. The van der Waals surface area contributed by atoms with Crippen LogP contribution in [0, 0.1) is 5.92 Å². The van der Waals surface area contributed by atoms with Gasteiger partial charge < -0.3 is 15.4 Å². The zero-order valence-electron chi connectivity index (χ0n) is 14.4. The van der Waals surface area contributed by atoms with Crippen molar-refractivity contribution in [2.24, 2.45) is 5.92 Å². The third-order valence-electron chi connectivity index (χ3n) is 3.33. The van der Waals surface area contributed by atoms with E-state index >= 15 is 0 Å². The first-order chi connectivity index (χ1) is 11.6. The Morgan fingerprint density at radius 3 is 2.62 bits per heavy atom. The van der Waals surface area contributed by atoms with Crippen molar-refractivity contribution in [2.75, 3.05) is 23.8 Å². The van der Waals surface area contributed by atoms with Gasteiger partial charge in [-0.1, -0.05) is 13.8 Å². The van der Waals surface area contributed by atoms with Crippen molar-refractivity contribution in [3.05, 3.63) is 42.1 Å². The predicted molar refractivity (Wildman–Crippen MR) is 95.7 cm³/mol.